The predicted molar refractivity (Wildman–Crippen MR) is 125 cm³/mol. The second-order valence-electron chi connectivity index (χ2n) is 8.32. The maximum atomic E-state index is 6.33. The Kier molecular flexibility index (Phi) is 6.09. The highest BCUT2D eigenvalue weighted by atomic mass is 16.5. The van der Waals surface area contributed by atoms with E-state index in [0.717, 1.165) is 45.6 Å². The number of nitrogen functional groups attached to an aromatic ring is 1. The van der Waals surface area contributed by atoms with Gasteiger partial charge in [0, 0.05) is 24.6 Å². The number of nitrogens with zero attached hydrogens (tertiary/aromatic N) is 3. The zero-order valence-corrected chi connectivity index (χ0v) is 18.7. The lowest BCUT2D eigenvalue weighted by Gasteiger charge is -2.14. The molecular weight excluding hydrogens is 388 g/mol. The van der Waals surface area contributed by atoms with E-state index in [4.69, 9.17) is 20.2 Å². The number of aryl methyl sites for hydroxylation is 1. The van der Waals surface area contributed by atoms with Gasteiger partial charge in [-0.1, -0.05) is 43.7 Å². The Morgan fingerprint density at radius 1 is 1.06 bits per heavy atom. The van der Waals surface area contributed by atoms with Crippen LogP contribution in [0.25, 0.3) is 21.9 Å². The van der Waals surface area contributed by atoms with Crippen LogP contribution < -0.4 is 10.5 Å². The van der Waals surface area contributed by atoms with Crippen LogP contribution in [-0.4, -0.2) is 21.1 Å². The molecule has 0 aliphatic carbocycles. The van der Waals surface area contributed by atoms with Crippen LogP contribution >= 0.6 is 0 Å². The molecule has 0 unspecified atom stereocenters. The number of anilines is 1. The lowest BCUT2D eigenvalue weighted by Crippen LogP contribution is -2.10. The number of hydrogen-bond acceptors (Lipinski definition) is 5. The van der Waals surface area contributed by atoms with Gasteiger partial charge in [0.15, 0.2) is 5.82 Å². The van der Waals surface area contributed by atoms with Crippen molar-refractivity contribution in [3.05, 3.63) is 59.4 Å². The quantitative estimate of drug-likeness (QED) is 0.423. The first-order chi connectivity index (χ1) is 15.0. The van der Waals surface area contributed by atoms with E-state index >= 15 is 0 Å². The Bertz CT molecular complexity index is 1210. The van der Waals surface area contributed by atoms with E-state index in [2.05, 4.69) is 54.6 Å². The van der Waals surface area contributed by atoms with Crippen molar-refractivity contribution in [3.8, 4) is 5.75 Å². The van der Waals surface area contributed by atoms with Crippen LogP contribution in [0.5, 0.6) is 5.75 Å². The van der Waals surface area contributed by atoms with E-state index in [-0.39, 0.29) is 0 Å². The van der Waals surface area contributed by atoms with Gasteiger partial charge < -0.3 is 19.8 Å². The van der Waals surface area contributed by atoms with Crippen molar-refractivity contribution in [2.24, 2.45) is 5.92 Å². The average Bonchev–Trinajstić information content (AvgIpc) is 3.09. The number of benzene rings is 2. The molecule has 162 valence electrons. The van der Waals surface area contributed by atoms with Crippen molar-refractivity contribution in [3.63, 3.8) is 0 Å². The fraction of sp³-hybridized carbons (Fsp3) is 0.360. The molecule has 31 heavy (non-hydrogen) atoms. The molecule has 0 bridgehead atoms. The highest BCUT2D eigenvalue weighted by Gasteiger charge is 2.18. The fourth-order valence-corrected chi connectivity index (χ4v) is 3.86. The Morgan fingerprint density at radius 2 is 1.90 bits per heavy atom. The van der Waals surface area contributed by atoms with Crippen LogP contribution in [-0.2, 0) is 24.5 Å². The summed E-state index contributed by atoms with van der Waals surface area (Å²) < 4.78 is 13.9. The Hall–Kier alpha value is -3.12. The minimum atomic E-state index is 0.429. The van der Waals surface area contributed by atoms with Crippen molar-refractivity contribution in [2.45, 2.75) is 47.5 Å². The number of ether oxygens (including phenoxy) is 2. The van der Waals surface area contributed by atoms with E-state index in [1.54, 1.807) is 0 Å². The fourth-order valence-electron chi connectivity index (χ4n) is 3.86. The summed E-state index contributed by atoms with van der Waals surface area (Å²) >= 11 is 0. The molecule has 0 amide bonds. The predicted octanol–water partition coefficient (Wildman–Crippen LogP) is 5.25. The molecule has 4 aromatic rings. The van der Waals surface area contributed by atoms with Crippen molar-refractivity contribution in [1.29, 1.82) is 0 Å². The van der Waals surface area contributed by atoms with Crippen LogP contribution in [0.4, 0.5) is 5.82 Å². The number of rotatable bonds is 8. The highest BCUT2D eigenvalue weighted by Crippen LogP contribution is 2.32. The SMILES string of the molecule is CCOCc1nc2c(N)nc3cc(OCc4cccc(C)c4)ccc3c2n1CC(C)C. The summed E-state index contributed by atoms with van der Waals surface area (Å²) in [5, 5.41) is 1.02. The molecule has 0 radical (unpaired) electrons. The monoisotopic (exact) mass is 418 g/mol. The van der Waals surface area contributed by atoms with Crippen LogP contribution in [0.15, 0.2) is 42.5 Å². The van der Waals surface area contributed by atoms with Gasteiger partial charge in [0.25, 0.3) is 0 Å². The molecule has 0 aliphatic rings. The number of aromatic nitrogens is 3. The highest BCUT2D eigenvalue weighted by molar-refractivity contribution is 6.06. The van der Waals surface area contributed by atoms with E-state index < -0.39 is 0 Å². The lowest BCUT2D eigenvalue weighted by molar-refractivity contribution is 0.125. The van der Waals surface area contributed by atoms with Crippen LogP contribution in [0, 0.1) is 12.8 Å². The molecular formula is C25H30N4O2. The summed E-state index contributed by atoms with van der Waals surface area (Å²) in [5.41, 5.74) is 11.2. The summed E-state index contributed by atoms with van der Waals surface area (Å²) in [5.74, 6) is 2.54. The molecule has 6 heteroatoms. The summed E-state index contributed by atoms with van der Waals surface area (Å²) in [6, 6.07) is 14.3. The van der Waals surface area contributed by atoms with E-state index in [0.29, 0.717) is 31.6 Å². The van der Waals surface area contributed by atoms with Crippen molar-refractivity contribution in [2.75, 3.05) is 12.3 Å². The smallest absolute Gasteiger partial charge is 0.152 e. The van der Waals surface area contributed by atoms with Gasteiger partial charge in [-0.15, -0.1) is 0 Å². The first-order valence-corrected chi connectivity index (χ1v) is 10.8. The molecule has 0 spiro atoms. The van der Waals surface area contributed by atoms with E-state index in [1.165, 1.54) is 5.56 Å². The maximum Gasteiger partial charge on any atom is 0.152 e. The molecule has 0 aliphatic heterocycles. The standard InChI is InChI=1S/C25H30N4O2/c1-5-30-15-22-28-23-24(29(22)13-16(2)3)20-10-9-19(12-21(20)27-25(23)26)31-14-18-8-6-7-17(4)11-18/h6-12,16H,5,13-15H2,1-4H3,(H2,26,27). The molecule has 2 aromatic heterocycles. The topological polar surface area (TPSA) is 75.2 Å². The number of nitrogens with two attached hydrogens (primary N) is 1. The summed E-state index contributed by atoms with van der Waals surface area (Å²) in [6.45, 7) is 10.9. The number of fused-ring (bicyclic) bond motifs is 3. The maximum absolute atomic E-state index is 6.33. The third-order valence-corrected chi connectivity index (χ3v) is 5.23. The minimum Gasteiger partial charge on any atom is -0.489 e. The normalized spacial score (nSPS) is 11.6. The largest absolute Gasteiger partial charge is 0.489 e. The molecule has 0 saturated carbocycles. The van der Waals surface area contributed by atoms with Crippen LogP contribution in [0.2, 0.25) is 0 Å². The first-order valence-electron chi connectivity index (χ1n) is 10.8. The molecule has 0 fully saturated rings. The lowest BCUT2D eigenvalue weighted by atomic mass is 10.1. The van der Waals surface area contributed by atoms with E-state index in [1.807, 2.05) is 25.1 Å². The minimum absolute atomic E-state index is 0.429. The summed E-state index contributed by atoms with van der Waals surface area (Å²) in [4.78, 5) is 9.41. The third kappa shape index (κ3) is 4.49. The van der Waals surface area contributed by atoms with Crippen LogP contribution in [0.1, 0.15) is 37.7 Å². The van der Waals surface area contributed by atoms with Gasteiger partial charge in [0.05, 0.1) is 11.0 Å². The zero-order valence-electron chi connectivity index (χ0n) is 18.7. The molecule has 2 heterocycles. The third-order valence-electron chi connectivity index (χ3n) is 5.23. The first kappa shape index (κ1) is 21.1. The zero-order chi connectivity index (χ0) is 22.0. The Labute approximate surface area is 183 Å². The average molecular weight is 419 g/mol. The number of pyridine rings is 1. The summed E-state index contributed by atoms with van der Waals surface area (Å²) in [7, 11) is 0. The van der Waals surface area contributed by atoms with Gasteiger partial charge in [-0.25, -0.2) is 9.97 Å². The Balaban J connectivity index is 1.75. The van der Waals surface area contributed by atoms with E-state index in [9.17, 15) is 0 Å². The Morgan fingerprint density at radius 3 is 2.65 bits per heavy atom. The second-order valence-corrected chi connectivity index (χ2v) is 8.32. The van der Waals surface area contributed by atoms with Crippen molar-refractivity contribution >= 4 is 27.8 Å². The van der Waals surface area contributed by atoms with Gasteiger partial charge >= 0.3 is 0 Å². The summed E-state index contributed by atoms with van der Waals surface area (Å²) in [6.07, 6.45) is 0. The van der Waals surface area contributed by atoms with Gasteiger partial charge in [0.2, 0.25) is 0 Å². The number of hydrogen-bond donors (Lipinski definition) is 1. The molecule has 6 nitrogen and oxygen atoms in total. The molecule has 0 atom stereocenters. The second kappa shape index (κ2) is 8.94. The van der Waals surface area contributed by atoms with Gasteiger partial charge in [-0.2, -0.15) is 0 Å². The molecule has 4 rings (SSSR count). The molecule has 2 N–H and O–H groups in total. The van der Waals surface area contributed by atoms with Gasteiger partial charge in [0.1, 0.15) is 30.3 Å². The van der Waals surface area contributed by atoms with Crippen molar-refractivity contribution < 1.29 is 9.47 Å². The van der Waals surface area contributed by atoms with Crippen molar-refractivity contribution in [1.82, 2.24) is 14.5 Å². The molecule has 2 aromatic carbocycles. The van der Waals surface area contributed by atoms with Gasteiger partial charge in [-0.05, 0) is 37.5 Å². The number of imidazole rings is 1. The van der Waals surface area contributed by atoms with Gasteiger partial charge in [-0.3, -0.25) is 0 Å². The molecule has 0 saturated heterocycles. The van der Waals surface area contributed by atoms with Crippen LogP contribution in [0.3, 0.4) is 0 Å².